The molecule has 3 heterocycles. The molecule has 2 aliphatic heterocycles. The van der Waals surface area contributed by atoms with Gasteiger partial charge in [0.05, 0.1) is 17.5 Å². The van der Waals surface area contributed by atoms with E-state index < -0.39 is 4.92 Å². The lowest BCUT2D eigenvalue weighted by Crippen LogP contribution is -2.53. The molecule has 0 spiro atoms. The lowest BCUT2D eigenvalue weighted by Gasteiger charge is -2.39. The summed E-state index contributed by atoms with van der Waals surface area (Å²) in [7, 11) is 0. The third-order valence-corrected chi connectivity index (χ3v) is 7.81. The summed E-state index contributed by atoms with van der Waals surface area (Å²) in [6, 6.07) is 14.0. The molecule has 2 aliphatic rings. The Balaban J connectivity index is 1.23. The van der Waals surface area contributed by atoms with Gasteiger partial charge in [-0.2, -0.15) is 0 Å². The Kier molecular flexibility index (Phi) is 6.80. The molecule has 0 N–H and O–H groups in total. The average molecular weight is 509 g/mol. The third kappa shape index (κ3) is 4.87. The number of benzene rings is 2. The van der Waals surface area contributed by atoms with Crippen LogP contribution >= 0.6 is 11.3 Å². The maximum atomic E-state index is 14.0. The maximum absolute atomic E-state index is 14.0. The Bertz CT molecular complexity index is 1290. The zero-order chi connectivity index (χ0) is 25.2. The molecular formula is C26H25FN4O4S. The van der Waals surface area contributed by atoms with E-state index in [0.29, 0.717) is 38.3 Å². The molecule has 36 heavy (non-hydrogen) atoms. The number of nitrogens with zero attached hydrogens (tertiary/aromatic N) is 4. The van der Waals surface area contributed by atoms with Crippen LogP contribution in [0.5, 0.6) is 0 Å². The molecule has 5 rings (SSSR count). The van der Waals surface area contributed by atoms with Gasteiger partial charge in [-0.3, -0.25) is 24.6 Å². The summed E-state index contributed by atoms with van der Waals surface area (Å²) in [5.41, 5.74) is 2.29. The minimum atomic E-state index is -0.501. The molecule has 186 valence electrons. The number of amides is 2. The second kappa shape index (κ2) is 10.2. The number of nitro benzene ring substituents is 1. The van der Waals surface area contributed by atoms with Crippen LogP contribution < -0.4 is 0 Å². The fourth-order valence-electron chi connectivity index (χ4n) is 4.95. The number of thiophene rings is 1. The van der Waals surface area contributed by atoms with Crippen LogP contribution in [-0.2, 0) is 11.2 Å². The largest absolute Gasteiger partial charge is 0.338 e. The summed E-state index contributed by atoms with van der Waals surface area (Å²) in [5, 5.41) is 12.9. The molecule has 3 aromatic rings. The zero-order valence-electron chi connectivity index (χ0n) is 19.5. The molecule has 0 aliphatic carbocycles. The number of hydrogen-bond donors (Lipinski definition) is 0. The molecule has 2 aromatic carbocycles. The summed E-state index contributed by atoms with van der Waals surface area (Å²) >= 11 is 1.69. The lowest BCUT2D eigenvalue weighted by molar-refractivity contribution is -0.384. The molecule has 0 unspecified atom stereocenters. The molecule has 1 aromatic heterocycles. The predicted molar refractivity (Wildman–Crippen MR) is 133 cm³/mol. The first kappa shape index (κ1) is 24.1. The van der Waals surface area contributed by atoms with Crippen molar-refractivity contribution in [2.45, 2.75) is 12.5 Å². The highest BCUT2D eigenvalue weighted by Gasteiger charge is 2.33. The van der Waals surface area contributed by atoms with Crippen molar-refractivity contribution in [2.24, 2.45) is 0 Å². The van der Waals surface area contributed by atoms with E-state index in [4.69, 9.17) is 0 Å². The smallest absolute Gasteiger partial charge is 0.269 e. The first-order valence-electron chi connectivity index (χ1n) is 11.8. The Hall–Kier alpha value is -3.63. The Morgan fingerprint density at radius 3 is 2.42 bits per heavy atom. The summed E-state index contributed by atoms with van der Waals surface area (Å²) in [5.74, 6) is -0.517. The van der Waals surface area contributed by atoms with Crippen molar-refractivity contribution < 1.29 is 18.9 Å². The fourth-order valence-corrected chi connectivity index (χ4v) is 5.85. The minimum Gasteiger partial charge on any atom is -0.338 e. The van der Waals surface area contributed by atoms with Crippen LogP contribution in [0.1, 0.15) is 32.4 Å². The molecule has 0 radical (unpaired) electrons. The normalized spacial score (nSPS) is 18.1. The van der Waals surface area contributed by atoms with Crippen molar-refractivity contribution in [3.63, 3.8) is 0 Å². The van der Waals surface area contributed by atoms with E-state index in [1.807, 2.05) is 11.4 Å². The Labute approximate surface area is 211 Å². The van der Waals surface area contributed by atoms with Crippen LogP contribution in [0, 0.1) is 15.9 Å². The number of non-ortho nitro benzene ring substituents is 1. The van der Waals surface area contributed by atoms with Gasteiger partial charge in [0, 0.05) is 55.3 Å². The number of fused-ring (bicyclic) bond motifs is 1. The molecule has 0 saturated carbocycles. The third-order valence-electron chi connectivity index (χ3n) is 6.81. The molecule has 0 bridgehead atoms. The molecule has 1 saturated heterocycles. The highest BCUT2D eigenvalue weighted by atomic mass is 32.1. The van der Waals surface area contributed by atoms with Gasteiger partial charge < -0.3 is 9.80 Å². The van der Waals surface area contributed by atoms with E-state index in [-0.39, 0.29) is 35.9 Å². The minimum absolute atomic E-state index is 0.0162. The van der Waals surface area contributed by atoms with Crippen molar-refractivity contribution in [3.05, 3.63) is 97.5 Å². The number of piperazine rings is 1. The number of carbonyl (C=O) groups excluding carboxylic acids is 2. The monoisotopic (exact) mass is 508 g/mol. The van der Waals surface area contributed by atoms with Gasteiger partial charge in [-0.15, -0.1) is 11.3 Å². The standard InChI is InChI=1S/C26H25FN4O4S/c27-20-3-1-2-19(16-20)25-22-9-15-36-23(22)8-10-30(25)17-24(32)28-11-13-29(14-12-28)26(33)18-4-6-21(7-5-18)31(34)35/h1-7,9,15-16,25H,8,10-14,17H2/t25-/m0/s1. The van der Waals surface area contributed by atoms with Crippen molar-refractivity contribution >= 4 is 28.8 Å². The van der Waals surface area contributed by atoms with Gasteiger partial charge in [0.2, 0.25) is 5.91 Å². The van der Waals surface area contributed by atoms with Gasteiger partial charge in [0.15, 0.2) is 0 Å². The van der Waals surface area contributed by atoms with Crippen molar-refractivity contribution in [1.82, 2.24) is 14.7 Å². The molecule has 2 amide bonds. The van der Waals surface area contributed by atoms with Crippen molar-refractivity contribution in [1.29, 1.82) is 0 Å². The topological polar surface area (TPSA) is 87.0 Å². The second-order valence-electron chi connectivity index (χ2n) is 8.95. The number of carbonyl (C=O) groups is 2. The van der Waals surface area contributed by atoms with Gasteiger partial charge >= 0.3 is 0 Å². The number of rotatable bonds is 5. The van der Waals surface area contributed by atoms with E-state index >= 15 is 0 Å². The molecule has 10 heteroatoms. The highest BCUT2D eigenvalue weighted by Crippen LogP contribution is 2.37. The molecular weight excluding hydrogens is 483 g/mol. The first-order valence-corrected chi connectivity index (χ1v) is 12.7. The predicted octanol–water partition coefficient (Wildman–Crippen LogP) is 3.73. The molecule has 8 nitrogen and oxygen atoms in total. The summed E-state index contributed by atoms with van der Waals surface area (Å²) < 4.78 is 14.0. The maximum Gasteiger partial charge on any atom is 0.269 e. The summed E-state index contributed by atoms with van der Waals surface area (Å²) in [4.78, 5) is 43.2. The van der Waals surface area contributed by atoms with Gasteiger partial charge in [-0.1, -0.05) is 12.1 Å². The number of halogens is 1. The van der Waals surface area contributed by atoms with E-state index in [0.717, 1.165) is 17.5 Å². The van der Waals surface area contributed by atoms with Crippen LogP contribution in [0.3, 0.4) is 0 Å². The SMILES string of the molecule is O=C(CN1CCc2sccc2[C@@H]1c1cccc(F)c1)N1CCN(C(=O)c2ccc([N+](=O)[O-])cc2)CC1. The highest BCUT2D eigenvalue weighted by molar-refractivity contribution is 7.10. The van der Waals surface area contributed by atoms with Crippen LogP contribution in [-0.4, -0.2) is 70.7 Å². The average Bonchev–Trinajstić information content (AvgIpc) is 3.37. The van der Waals surface area contributed by atoms with E-state index in [1.165, 1.54) is 41.3 Å². The summed E-state index contributed by atoms with van der Waals surface area (Å²) in [6.07, 6.45) is 0.851. The van der Waals surface area contributed by atoms with Crippen LogP contribution in [0.25, 0.3) is 0 Å². The van der Waals surface area contributed by atoms with Crippen LogP contribution in [0.2, 0.25) is 0 Å². The Morgan fingerprint density at radius 1 is 1.00 bits per heavy atom. The summed E-state index contributed by atoms with van der Waals surface area (Å²) in [6.45, 7) is 2.54. The molecule has 1 atom stereocenters. The fraction of sp³-hybridized carbons (Fsp3) is 0.308. The van der Waals surface area contributed by atoms with Gasteiger partial charge in [-0.25, -0.2) is 4.39 Å². The number of hydrogen-bond acceptors (Lipinski definition) is 6. The second-order valence-corrected chi connectivity index (χ2v) is 9.95. The van der Waals surface area contributed by atoms with E-state index in [9.17, 15) is 24.1 Å². The van der Waals surface area contributed by atoms with Gasteiger partial charge in [-0.05, 0) is 53.3 Å². The zero-order valence-corrected chi connectivity index (χ0v) is 20.3. The van der Waals surface area contributed by atoms with Crippen LogP contribution in [0.15, 0.2) is 60.0 Å². The quantitative estimate of drug-likeness (QED) is 0.387. The van der Waals surface area contributed by atoms with Crippen molar-refractivity contribution in [2.75, 3.05) is 39.3 Å². The molecule has 1 fully saturated rings. The van der Waals surface area contributed by atoms with E-state index in [1.54, 1.807) is 27.2 Å². The van der Waals surface area contributed by atoms with Gasteiger partial charge in [0.1, 0.15) is 5.82 Å². The van der Waals surface area contributed by atoms with Gasteiger partial charge in [0.25, 0.3) is 11.6 Å². The van der Waals surface area contributed by atoms with Crippen molar-refractivity contribution in [3.8, 4) is 0 Å². The number of nitro groups is 1. The Morgan fingerprint density at radius 2 is 1.72 bits per heavy atom. The first-order chi connectivity index (χ1) is 17.4. The van der Waals surface area contributed by atoms with Crippen LogP contribution in [0.4, 0.5) is 10.1 Å². The lowest BCUT2D eigenvalue weighted by atomic mass is 9.93. The van der Waals surface area contributed by atoms with E-state index in [2.05, 4.69) is 11.0 Å².